The second kappa shape index (κ2) is 6.69. The summed E-state index contributed by atoms with van der Waals surface area (Å²) in [6.45, 7) is 0. The van der Waals surface area contributed by atoms with Crippen LogP contribution in [0.5, 0.6) is 0 Å². The summed E-state index contributed by atoms with van der Waals surface area (Å²) in [6, 6.07) is 24.5. The maximum Gasteiger partial charge on any atom is 0.0484 e. The van der Waals surface area contributed by atoms with Crippen molar-refractivity contribution in [2.45, 2.75) is 9.79 Å². The van der Waals surface area contributed by atoms with E-state index in [0.29, 0.717) is 0 Å². The van der Waals surface area contributed by atoms with Crippen molar-refractivity contribution < 1.29 is 0 Å². The number of benzene rings is 3. The second-order valence-electron chi connectivity index (χ2n) is 4.51. The minimum absolute atomic E-state index is 0.776. The molecule has 3 heteroatoms. The van der Waals surface area contributed by atoms with Gasteiger partial charge in [-0.3, -0.25) is 0 Å². The van der Waals surface area contributed by atoms with Crippen LogP contribution in [0, 0.1) is 0 Å². The van der Waals surface area contributed by atoms with Crippen LogP contribution in [-0.2, 0) is 0 Å². The number of hydrogen-bond acceptors (Lipinski definition) is 1. The molecule has 3 aromatic rings. The summed E-state index contributed by atoms with van der Waals surface area (Å²) in [4.78, 5) is 2.38. The van der Waals surface area contributed by atoms with E-state index in [-0.39, 0.29) is 0 Å². The Morgan fingerprint density at radius 2 is 1.24 bits per heavy atom. The van der Waals surface area contributed by atoms with Gasteiger partial charge in [0.15, 0.2) is 0 Å². The lowest BCUT2D eigenvalue weighted by molar-refractivity contribution is 1.37. The summed E-state index contributed by atoms with van der Waals surface area (Å²) in [5, 5.41) is 0.776. The molecule has 0 aliphatic carbocycles. The molecule has 0 aromatic heterocycles. The van der Waals surface area contributed by atoms with Crippen LogP contribution in [0.3, 0.4) is 0 Å². The molecule has 0 radical (unpaired) electrons. The fourth-order valence-electron chi connectivity index (χ4n) is 2.10. The lowest BCUT2D eigenvalue weighted by atomic mass is 10.1. The van der Waals surface area contributed by atoms with Gasteiger partial charge >= 0.3 is 0 Å². The molecule has 0 aliphatic heterocycles. The van der Waals surface area contributed by atoms with Gasteiger partial charge in [0.1, 0.15) is 0 Å². The van der Waals surface area contributed by atoms with Gasteiger partial charge < -0.3 is 0 Å². The van der Waals surface area contributed by atoms with Crippen molar-refractivity contribution in [3.05, 3.63) is 82.3 Å². The molecule has 0 saturated heterocycles. The molecule has 0 heterocycles. The molecule has 0 N–H and O–H groups in total. The summed E-state index contributed by atoms with van der Waals surface area (Å²) in [5.41, 5.74) is 2.22. The Hall–Kier alpha value is -1.22. The molecule has 3 rings (SSSR count). The van der Waals surface area contributed by atoms with Gasteiger partial charge in [-0.05, 0) is 45.8 Å². The van der Waals surface area contributed by atoms with Crippen molar-refractivity contribution in [1.29, 1.82) is 0 Å². The van der Waals surface area contributed by atoms with Crippen molar-refractivity contribution in [2.24, 2.45) is 0 Å². The molecule has 0 aliphatic rings. The second-order valence-corrected chi connectivity index (χ2v) is 6.85. The van der Waals surface area contributed by atoms with E-state index in [9.17, 15) is 0 Å². The SMILES string of the molecule is Clc1ccccc1-c1ccccc1Sc1ccccc1Br. The summed E-state index contributed by atoms with van der Waals surface area (Å²) in [7, 11) is 0. The highest BCUT2D eigenvalue weighted by atomic mass is 79.9. The van der Waals surface area contributed by atoms with E-state index in [4.69, 9.17) is 11.6 Å². The highest BCUT2D eigenvalue weighted by Crippen LogP contribution is 2.40. The zero-order valence-electron chi connectivity index (χ0n) is 11.1. The summed E-state index contributed by atoms with van der Waals surface area (Å²) in [5.74, 6) is 0. The van der Waals surface area contributed by atoms with Gasteiger partial charge in [0, 0.05) is 24.8 Å². The first kappa shape index (κ1) is 14.7. The molecule has 3 aromatic carbocycles. The van der Waals surface area contributed by atoms with Crippen molar-refractivity contribution >= 4 is 39.3 Å². The maximum atomic E-state index is 6.35. The zero-order chi connectivity index (χ0) is 14.7. The average Bonchev–Trinajstić information content (AvgIpc) is 2.51. The van der Waals surface area contributed by atoms with Crippen LogP contribution in [0.15, 0.2) is 87.1 Å². The molecular formula is C18H12BrClS. The van der Waals surface area contributed by atoms with E-state index in [2.05, 4.69) is 52.3 Å². The smallest absolute Gasteiger partial charge is 0.0484 e. The van der Waals surface area contributed by atoms with Crippen LogP contribution in [-0.4, -0.2) is 0 Å². The van der Waals surface area contributed by atoms with Crippen LogP contribution in [0.2, 0.25) is 5.02 Å². The number of halogens is 2. The van der Waals surface area contributed by atoms with E-state index >= 15 is 0 Å². The van der Waals surface area contributed by atoms with Gasteiger partial charge in [-0.25, -0.2) is 0 Å². The van der Waals surface area contributed by atoms with Crippen LogP contribution in [0.1, 0.15) is 0 Å². The molecular weight excluding hydrogens is 364 g/mol. The highest BCUT2D eigenvalue weighted by Gasteiger charge is 2.10. The predicted molar refractivity (Wildman–Crippen MR) is 95.2 cm³/mol. The molecule has 0 saturated carbocycles. The minimum atomic E-state index is 0.776. The molecule has 0 unspecified atom stereocenters. The summed E-state index contributed by atoms with van der Waals surface area (Å²) in [6.07, 6.45) is 0. The Morgan fingerprint density at radius 1 is 0.667 bits per heavy atom. The standard InChI is InChI=1S/C18H12BrClS/c19-15-9-3-6-12-18(15)21-17-11-5-2-8-14(17)13-7-1-4-10-16(13)20/h1-12H. The Balaban J connectivity index is 2.05. The molecule has 0 bridgehead atoms. The third-order valence-electron chi connectivity index (χ3n) is 3.11. The van der Waals surface area contributed by atoms with Crippen molar-refractivity contribution in [3.63, 3.8) is 0 Å². The van der Waals surface area contributed by atoms with Gasteiger partial charge in [-0.15, -0.1) is 0 Å². The quantitative estimate of drug-likeness (QED) is 0.478. The first-order valence-electron chi connectivity index (χ1n) is 6.52. The Kier molecular flexibility index (Phi) is 4.69. The molecule has 0 nitrogen and oxygen atoms in total. The van der Waals surface area contributed by atoms with E-state index in [0.717, 1.165) is 20.6 Å². The van der Waals surface area contributed by atoms with E-state index in [1.807, 2.05) is 36.4 Å². The summed E-state index contributed by atoms with van der Waals surface area (Å²) >= 11 is 11.7. The lowest BCUT2D eigenvalue weighted by Crippen LogP contribution is -1.84. The van der Waals surface area contributed by atoms with Crippen LogP contribution >= 0.6 is 39.3 Å². The summed E-state index contributed by atoms with van der Waals surface area (Å²) < 4.78 is 1.10. The van der Waals surface area contributed by atoms with Gasteiger partial charge in [-0.2, -0.15) is 0 Å². The fraction of sp³-hybridized carbons (Fsp3) is 0. The average molecular weight is 376 g/mol. The van der Waals surface area contributed by atoms with Crippen molar-refractivity contribution in [1.82, 2.24) is 0 Å². The molecule has 21 heavy (non-hydrogen) atoms. The van der Waals surface area contributed by atoms with Crippen molar-refractivity contribution in [2.75, 3.05) is 0 Å². The predicted octanol–water partition coefficient (Wildman–Crippen LogP) is 6.92. The van der Waals surface area contributed by atoms with Gasteiger partial charge in [-0.1, -0.05) is 71.9 Å². The fourth-order valence-corrected chi connectivity index (χ4v) is 3.85. The van der Waals surface area contributed by atoms with E-state index in [1.54, 1.807) is 11.8 Å². The monoisotopic (exact) mass is 374 g/mol. The molecule has 0 fully saturated rings. The zero-order valence-corrected chi connectivity index (χ0v) is 14.3. The van der Waals surface area contributed by atoms with E-state index < -0.39 is 0 Å². The van der Waals surface area contributed by atoms with Crippen LogP contribution < -0.4 is 0 Å². The number of rotatable bonds is 3. The number of hydrogen-bond donors (Lipinski definition) is 0. The van der Waals surface area contributed by atoms with Crippen molar-refractivity contribution in [3.8, 4) is 11.1 Å². The van der Waals surface area contributed by atoms with Crippen LogP contribution in [0.25, 0.3) is 11.1 Å². The Bertz CT molecular complexity index is 770. The molecule has 0 amide bonds. The lowest BCUT2D eigenvalue weighted by Gasteiger charge is -2.11. The largest absolute Gasteiger partial charge is 0.0883 e. The topological polar surface area (TPSA) is 0 Å². The third-order valence-corrected chi connectivity index (χ3v) is 5.54. The maximum absolute atomic E-state index is 6.35. The minimum Gasteiger partial charge on any atom is -0.0883 e. The van der Waals surface area contributed by atoms with Gasteiger partial charge in [0.05, 0.1) is 0 Å². The van der Waals surface area contributed by atoms with E-state index in [1.165, 1.54) is 9.79 Å². The molecule has 0 atom stereocenters. The Labute approximate surface area is 142 Å². The molecule has 0 spiro atoms. The third kappa shape index (κ3) is 3.34. The first-order valence-corrected chi connectivity index (χ1v) is 8.51. The first-order chi connectivity index (χ1) is 10.3. The molecule has 104 valence electrons. The van der Waals surface area contributed by atoms with Crippen LogP contribution in [0.4, 0.5) is 0 Å². The van der Waals surface area contributed by atoms with Gasteiger partial charge in [0.2, 0.25) is 0 Å². The highest BCUT2D eigenvalue weighted by molar-refractivity contribution is 9.10. The van der Waals surface area contributed by atoms with Gasteiger partial charge in [0.25, 0.3) is 0 Å². The Morgan fingerprint density at radius 3 is 1.95 bits per heavy atom. The normalized spacial score (nSPS) is 10.6.